The first kappa shape index (κ1) is 18.0. The first-order valence-electron chi connectivity index (χ1n) is 9.19. The van der Waals surface area contributed by atoms with E-state index in [1.807, 2.05) is 47.5 Å². The predicted octanol–water partition coefficient (Wildman–Crippen LogP) is 2.93. The molecule has 27 heavy (non-hydrogen) atoms. The molecule has 2 aromatic heterocycles. The second-order valence-corrected chi connectivity index (χ2v) is 8.01. The number of piperazine rings is 1. The summed E-state index contributed by atoms with van der Waals surface area (Å²) in [6, 6.07) is 12.0. The average Bonchev–Trinajstić information content (AvgIpc) is 3.17. The van der Waals surface area contributed by atoms with Crippen LogP contribution in [0.15, 0.2) is 48.8 Å². The molecule has 3 heterocycles. The van der Waals surface area contributed by atoms with E-state index in [9.17, 15) is 4.79 Å². The lowest BCUT2D eigenvalue weighted by molar-refractivity contribution is -0.131. The number of imidazole rings is 1. The number of nitrogens with zero attached hydrogens (tertiary/aromatic N) is 3. The largest absolute Gasteiger partial charge is 0.341 e. The Balaban J connectivity index is 1.41. The molecule has 1 aromatic carbocycles. The molecule has 0 spiro atoms. The van der Waals surface area contributed by atoms with Crippen LogP contribution in [0.2, 0.25) is 0 Å². The molecule has 2 N–H and O–H groups in total. The number of aromatic nitrogens is 3. The fourth-order valence-corrected chi connectivity index (χ4v) is 4.22. The molecule has 0 aliphatic carbocycles. The maximum absolute atomic E-state index is 12.9. The summed E-state index contributed by atoms with van der Waals surface area (Å²) in [6.07, 6.45) is 3.61. The summed E-state index contributed by atoms with van der Waals surface area (Å²) in [4.78, 5) is 27.1. The van der Waals surface area contributed by atoms with Gasteiger partial charge in [-0.3, -0.25) is 9.78 Å². The Bertz CT molecular complexity index is 880. The van der Waals surface area contributed by atoms with Gasteiger partial charge in [0.05, 0.1) is 28.1 Å². The van der Waals surface area contributed by atoms with Gasteiger partial charge in [-0.2, -0.15) is 0 Å². The molecular formula is C20H23N5OS. The Morgan fingerprint density at radius 1 is 1.33 bits per heavy atom. The fraction of sp³-hybridized carbons (Fsp3) is 0.350. The molecule has 1 saturated heterocycles. The lowest BCUT2D eigenvalue weighted by atomic mass is 10.1. The van der Waals surface area contributed by atoms with Crippen molar-refractivity contribution in [2.24, 2.45) is 0 Å². The smallest absolute Gasteiger partial charge is 0.233 e. The van der Waals surface area contributed by atoms with Gasteiger partial charge in [0.25, 0.3) is 0 Å². The van der Waals surface area contributed by atoms with E-state index in [1.54, 1.807) is 18.0 Å². The number of hydrogen-bond acceptors (Lipinski definition) is 5. The molecule has 1 fully saturated rings. The second-order valence-electron chi connectivity index (χ2n) is 6.69. The SMILES string of the molecule is CC(SCC(=O)N1CCNCC1c1cccnc1)c1nc2ccccc2[nH]1. The van der Waals surface area contributed by atoms with Gasteiger partial charge in [0.2, 0.25) is 5.91 Å². The number of pyridine rings is 1. The van der Waals surface area contributed by atoms with Crippen molar-refractivity contribution >= 4 is 28.7 Å². The van der Waals surface area contributed by atoms with Crippen molar-refractivity contribution in [2.45, 2.75) is 18.2 Å². The van der Waals surface area contributed by atoms with Crippen molar-refractivity contribution in [3.8, 4) is 0 Å². The summed E-state index contributed by atoms with van der Waals surface area (Å²) in [7, 11) is 0. The molecule has 4 rings (SSSR count). The molecule has 2 atom stereocenters. The second kappa shape index (κ2) is 8.10. The number of H-pyrrole nitrogens is 1. The highest BCUT2D eigenvalue weighted by Crippen LogP contribution is 2.29. The van der Waals surface area contributed by atoms with Crippen LogP contribution < -0.4 is 5.32 Å². The number of fused-ring (bicyclic) bond motifs is 1. The van der Waals surface area contributed by atoms with Gasteiger partial charge < -0.3 is 15.2 Å². The third-order valence-electron chi connectivity index (χ3n) is 4.88. The molecule has 3 aromatic rings. The summed E-state index contributed by atoms with van der Waals surface area (Å²) < 4.78 is 0. The van der Waals surface area contributed by atoms with E-state index in [-0.39, 0.29) is 17.2 Å². The Labute approximate surface area is 162 Å². The third kappa shape index (κ3) is 3.99. The lowest BCUT2D eigenvalue weighted by Gasteiger charge is -2.36. The molecular weight excluding hydrogens is 358 g/mol. The number of carbonyl (C=O) groups excluding carboxylic acids is 1. The minimum absolute atomic E-state index is 0.0436. The molecule has 0 radical (unpaired) electrons. The van der Waals surface area contributed by atoms with Crippen LogP contribution >= 0.6 is 11.8 Å². The summed E-state index contributed by atoms with van der Waals surface area (Å²) in [5.74, 6) is 1.52. The average molecular weight is 382 g/mol. The molecule has 0 saturated carbocycles. The number of thioether (sulfide) groups is 1. The van der Waals surface area contributed by atoms with Gasteiger partial charge >= 0.3 is 0 Å². The number of hydrogen-bond donors (Lipinski definition) is 2. The van der Waals surface area contributed by atoms with Crippen LogP contribution in [0.3, 0.4) is 0 Å². The number of nitrogens with one attached hydrogen (secondary N) is 2. The van der Waals surface area contributed by atoms with Gasteiger partial charge in [0.15, 0.2) is 0 Å². The van der Waals surface area contributed by atoms with Crippen molar-refractivity contribution in [3.63, 3.8) is 0 Å². The van der Waals surface area contributed by atoms with E-state index >= 15 is 0 Å². The number of rotatable bonds is 5. The standard InChI is InChI=1S/C20H23N5OS/c1-14(20-23-16-6-2-3-7-17(16)24-20)27-13-19(26)25-10-9-22-12-18(25)15-5-4-8-21-11-15/h2-8,11,14,18,22H,9-10,12-13H2,1H3,(H,23,24). The minimum Gasteiger partial charge on any atom is -0.341 e. The molecule has 1 aliphatic rings. The number of amides is 1. The van der Waals surface area contributed by atoms with Gasteiger partial charge in [0, 0.05) is 32.0 Å². The van der Waals surface area contributed by atoms with Gasteiger partial charge in [-0.15, -0.1) is 11.8 Å². The first-order valence-corrected chi connectivity index (χ1v) is 10.2. The van der Waals surface area contributed by atoms with Crippen LogP contribution in [0.5, 0.6) is 0 Å². The van der Waals surface area contributed by atoms with Crippen molar-refractivity contribution < 1.29 is 4.79 Å². The van der Waals surface area contributed by atoms with Crippen LogP contribution in [0.4, 0.5) is 0 Å². The highest BCUT2D eigenvalue weighted by molar-refractivity contribution is 8.00. The molecule has 2 unspecified atom stereocenters. The highest BCUT2D eigenvalue weighted by Gasteiger charge is 2.28. The van der Waals surface area contributed by atoms with E-state index in [4.69, 9.17) is 0 Å². The monoisotopic (exact) mass is 381 g/mol. The normalized spacial score (nSPS) is 18.6. The Morgan fingerprint density at radius 3 is 3.04 bits per heavy atom. The Morgan fingerprint density at radius 2 is 2.22 bits per heavy atom. The number of carbonyl (C=O) groups is 1. The highest BCUT2D eigenvalue weighted by atomic mass is 32.2. The molecule has 140 valence electrons. The lowest BCUT2D eigenvalue weighted by Crippen LogP contribution is -2.49. The van der Waals surface area contributed by atoms with E-state index in [1.165, 1.54) is 0 Å². The quantitative estimate of drug-likeness (QED) is 0.711. The zero-order chi connectivity index (χ0) is 18.6. The van der Waals surface area contributed by atoms with Crippen molar-refractivity contribution in [3.05, 3.63) is 60.2 Å². The van der Waals surface area contributed by atoms with Crippen LogP contribution in [-0.4, -0.2) is 51.1 Å². The zero-order valence-electron chi connectivity index (χ0n) is 15.3. The summed E-state index contributed by atoms with van der Waals surface area (Å²) in [6.45, 7) is 4.40. The van der Waals surface area contributed by atoms with E-state index in [0.717, 1.165) is 42.1 Å². The molecule has 6 nitrogen and oxygen atoms in total. The summed E-state index contributed by atoms with van der Waals surface area (Å²) >= 11 is 1.62. The number of aromatic amines is 1. The molecule has 7 heteroatoms. The number of para-hydroxylation sites is 2. The van der Waals surface area contributed by atoms with Gasteiger partial charge in [-0.05, 0) is 30.7 Å². The van der Waals surface area contributed by atoms with Crippen molar-refractivity contribution in [2.75, 3.05) is 25.4 Å². The van der Waals surface area contributed by atoms with Crippen LogP contribution in [0.1, 0.15) is 29.6 Å². The Kier molecular flexibility index (Phi) is 5.40. The minimum atomic E-state index is 0.0436. The number of benzene rings is 1. The van der Waals surface area contributed by atoms with Crippen molar-refractivity contribution in [1.29, 1.82) is 0 Å². The zero-order valence-corrected chi connectivity index (χ0v) is 16.1. The van der Waals surface area contributed by atoms with E-state index in [0.29, 0.717) is 5.75 Å². The topological polar surface area (TPSA) is 73.9 Å². The van der Waals surface area contributed by atoms with Gasteiger partial charge in [0.1, 0.15) is 5.82 Å². The van der Waals surface area contributed by atoms with E-state index in [2.05, 4.69) is 27.2 Å². The van der Waals surface area contributed by atoms with E-state index < -0.39 is 0 Å². The summed E-state index contributed by atoms with van der Waals surface area (Å²) in [5.41, 5.74) is 3.07. The van der Waals surface area contributed by atoms with Crippen LogP contribution in [0.25, 0.3) is 11.0 Å². The fourth-order valence-electron chi connectivity index (χ4n) is 3.40. The Hall–Kier alpha value is -2.38. The molecule has 0 bridgehead atoms. The predicted molar refractivity (Wildman–Crippen MR) is 109 cm³/mol. The maximum atomic E-state index is 12.9. The van der Waals surface area contributed by atoms with Gasteiger partial charge in [-0.1, -0.05) is 18.2 Å². The van der Waals surface area contributed by atoms with Gasteiger partial charge in [-0.25, -0.2) is 4.98 Å². The van der Waals surface area contributed by atoms with Crippen LogP contribution in [-0.2, 0) is 4.79 Å². The molecule has 1 aliphatic heterocycles. The maximum Gasteiger partial charge on any atom is 0.233 e. The third-order valence-corrected chi connectivity index (χ3v) is 6.02. The summed E-state index contributed by atoms with van der Waals surface area (Å²) in [5, 5.41) is 3.51. The van der Waals surface area contributed by atoms with Crippen LogP contribution in [0, 0.1) is 0 Å². The first-order chi connectivity index (χ1) is 13.2. The van der Waals surface area contributed by atoms with Crippen molar-refractivity contribution in [1.82, 2.24) is 25.2 Å². The molecule has 1 amide bonds.